The summed E-state index contributed by atoms with van der Waals surface area (Å²) in [5.74, 6) is 2.06. The van der Waals surface area contributed by atoms with E-state index in [1.807, 2.05) is 23.9 Å². The average Bonchev–Trinajstić information content (AvgIpc) is 2.34. The second kappa shape index (κ2) is 8.48. The molecule has 0 saturated heterocycles. The molecule has 0 aliphatic heterocycles. The van der Waals surface area contributed by atoms with Crippen LogP contribution in [0.4, 0.5) is 0 Å². The number of aliphatic hydroxyl groups excluding tert-OH is 1. The summed E-state index contributed by atoms with van der Waals surface area (Å²) in [5, 5.41) is 8.63. The Hall–Kier alpha value is -0.670. The molecule has 1 N–H and O–H groups in total. The zero-order valence-electron chi connectivity index (χ0n) is 9.82. The van der Waals surface area contributed by atoms with Crippen LogP contribution < -0.4 is 4.74 Å². The van der Waals surface area contributed by atoms with Gasteiger partial charge in [0.05, 0.1) is 7.11 Å². The van der Waals surface area contributed by atoms with E-state index in [9.17, 15) is 0 Å². The molecule has 1 rings (SSSR count). The maximum Gasteiger partial charge on any atom is 0.118 e. The van der Waals surface area contributed by atoms with E-state index in [1.165, 1.54) is 17.7 Å². The molecule has 2 nitrogen and oxygen atoms in total. The van der Waals surface area contributed by atoms with E-state index in [0.717, 1.165) is 24.3 Å². The quantitative estimate of drug-likeness (QED) is 0.558. The third-order valence-electron chi connectivity index (χ3n) is 2.38. The molecule has 0 aliphatic rings. The number of hydrogen-bond acceptors (Lipinski definition) is 3. The maximum atomic E-state index is 8.63. The number of ether oxygens (including phenoxy) is 1. The Labute approximate surface area is 102 Å². The number of hydrogen-bond donors (Lipinski definition) is 1. The van der Waals surface area contributed by atoms with Crippen molar-refractivity contribution < 1.29 is 9.84 Å². The first-order chi connectivity index (χ1) is 7.86. The molecule has 0 spiro atoms. The van der Waals surface area contributed by atoms with Crippen LogP contribution in [0.1, 0.15) is 25.7 Å². The molecule has 16 heavy (non-hydrogen) atoms. The van der Waals surface area contributed by atoms with Gasteiger partial charge in [-0.3, -0.25) is 0 Å². The lowest BCUT2D eigenvalue weighted by atomic mass is 10.2. The minimum atomic E-state index is 0.325. The number of rotatable bonds is 8. The van der Waals surface area contributed by atoms with Gasteiger partial charge in [-0.25, -0.2) is 0 Å². The fourth-order valence-corrected chi connectivity index (χ4v) is 2.34. The molecule has 0 bridgehead atoms. The number of methoxy groups -OCH3 is 1. The number of unbranched alkanes of at least 4 members (excludes halogenated alkanes) is 3. The van der Waals surface area contributed by atoms with Gasteiger partial charge >= 0.3 is 0 Å². The summed E-state index contributed by atoms with van der Waals surface area (Å²) in [4.78, 5) is 1.29. The van der Waals surface area contributed by atoms with Crippen LogP contribution in [0.2, 0.25) is 0 Å². The van der Waals surface area contributed by atoms with Crippen LogP contribution in [-0.2, 0) is 0 Å². The van der Waals surface area contributed by atoms with Crippen LogP contribution in [0.25, 0.3) is 0 Å². The van der Waals surface area contributed by atoms with E-state index in [0.29, 0.717) is 6.61 Å². The third-order valence-corrected chi connectivity index (χ3v) is 3.48. The molecule has 0 aliphatic carbocycles. The molecule has 0 aromatic heterocycles. The van der Waals surface area contributed by atoms with Crippen LogP contribution in [0.15, 0.2) is 29.2 Å². The van der Waals surface area contributed by atoms with Crippen LogP contribution >= 0.6 is 11.8 Å². The first-order valence-electron chi connectivity index (χ1n) is 5.74. The smallest absolute Gasteiger partial charge is 0.118 e. The molecule has 90 valence electrons. The van der Waals surface area contributed by atoms with E-state index < -0.39 is 0 Å². The van der Waals surface area contributed by atoms with E-state index in [2.05, 4.69) is 12.1 Å². The lowest BCUT2D eigenvalue weighted by Crippen LogP contribution is -1.85. The van der Waals surface area contributed by atoms with E-state index in [4.69, 9.17) is 9.84 Å². The molecule has 1 aromatic rings. The molecule has 0 fully saturated rings. The average molecular weight is 240 g/mol. The lowest BCUT2D eigenvalue weighted by molar-refractivity contribution is 0.283. The summed E-state index contributed by atoms with van der Waals surface area (Å²) < 4.78 is 5.11. The summed E-state index contributed by atoms with van der Waals surface area (Å²) in [6, 6.07) is 8.18. The molecule has 1 aromatic carbocycles. The normalized spacial score (nSPS) is 10.4. The minimum absolute atomic E-state index is 0.325. The van der Waals surface area contributed by atoms with Crippen molar-refractivity contribution in [3.63, 3.8) is 0 Å². The fraction of sp³-hybridized carbons (Fsp3) is 0.538. The van der Waals surface area contributed by atoms with Gasteiger partial charge in [-0.15, -0.1) is 11.8 Å². The highest BCUT2D eigenvalue weighted by atomic mass is 32.2. The van der Waals surface area contributed by atoms with Gasteiger partial charge in [0.2, 0.25) is 0 Å². The van der Waals surface area contributed by atoms with Crippen LogP contribution in [0.3, 0.4) is 0 Å². The van der Waals surface area contributed by atoms with Crippen molar-refractivity contribution in [3.05, 3.63) is 24.3 Å². The molecule has 0 saturated carbocycles. The van der Waals surface area contributed by atoms with Gasteiger partial charge in [0.15, 0.2) is 0 Å². The molecule has 0 unspecified atom stereocenters. The molecular weight excluding hydrogens is 220 g/mol. The second-order valence-corrected chi connectivity index (χ2v) is 4.83. The van der Waals surface area contributed by atoms with Gasteiger partial charge in [0.25, 0.3) is 0 Å². The SMILES string of the molecule is COc1ccc(SCCCCCCO)cc1. The van der Waals surface area contributed by atoms with Crippen molar-refractivity contribution in [2.75, 3.05) is 19.5 Å². The van der Waals surface area contributed by atoms with Crippen molar-refractivity contribution in [3.8, 4) is 5.75 Å². The van der Waals surface area contributed by atoms with E-state index >= 15 is 0 Å². The van der Waals surface area contributed by atoms with Crippen LogP contribution in [0, 0.1) is 0 Å². The maximum absolute atomic E-state index is 8.63. The van der Waals surface area contributed by atoms with Crippen molar-refractivity contribution in [2.24, 2.45) is 0 Å². The van der Waals surface area contributed by atoms with Crippen molar-refractivity contribution in [1.29, 1.82) is 0 Å². The molecule has 3 heteroatoms. The van der Waals surface area contributed by atoms with Crippen LogP contribution in [-0.4, -0.2) is 24.6 Å². The standard InChI is InChI=1S/C13H20O2S/c1-15-12-6-8-13(9-7-12)16-11-5-3-2-4-10-14/h6-9,14H,2-5,10-11H2,1H3. The fourth-order valence-electron chi connectivity index (χ4n) is 1.43. The summed E-state index contributed by atoms with van der Waals surface area (Å²) in [6.45, 7) is 0.325. The minimum Gasteiger partial charge on any atom is -0.497 e. The second-order valence-electron chi connectivity index (χ2n) is 3.66. The number of benzene rings is 1. The molecular formula is C13H20O2S. The third kappa shape index (κ3) is 5.42. The zero-order valence-corrected chi connectivity index (χ0v) is 10.6. The Morgan fingerprint density at radius 2 is 1.75 bits per heavy atom. The highest BCUT2D eigenvalue weighted by Crippen LogP contribution is 2.22. The topological polar surface area (TPSA) is 29.5 Å². The highest BCUT2D eigenvalue weighted by Gasteiger charge is 1.95. The molecule has 0 atom stereocenters. The van der Waals surface area contributed by atoms with Crippen molar-refractivity contribution in [1.82, 2.24) is 0 Å². The van der Waals surface area contributed by atoms with Gasteiger partial charge in [-0.2, -0.15) is 0 Å². The van der Waals surface area contributed by atoms with Gasteiger partial charge in [0, 0.05) is 11.5 Å². The predicted octanol–water partition coefficient (Wildman–Crippen LogP) is 3.34. The summed E-state index contributed by atoms with van der Waals surface area (Å²) in [5.41, 5.74) is 0. The highest BCUT2D eigenvalue weighted by molar-refractivity contribution is 7.99. The first-order valence-corrected chi connectivity index (χ1v) is 6.73. The molecule has 0 radical (unpaired) electrons. The number of aliphatic hydroxyl groups is 1. The Balaban J connectivity index is 2.12. The van der Waals surface area contributed by atoms with Gasteiger partial charge in [-0.05, 0) is 42.9 Å². The lowest BCUT2D eigenvalue weighted by Gasteiger charge is -2.03. The summed E-state index contributed by atoms with van der Waals surface area (Å²) >= 11 is 1.88. The Bertz CT molecular complexity index is 272. The Morgan fingerprint density at radius 3 is 2.38 bits per heavy atom. The van der Waals surface area contributed by atoms with Gasteiger partial charge in [-0.1, -0.05) is 12.8 Å². The van der Waals surface area contributed by atoms with Gasteiger partial charge in [0.1, 0.15) is 5.75 Å². The van der Waals surface area contributed by atoms with Gasteiger partial charge < -0.3 is 9.84 Å². The van der Waals surface area contributed by atoms with Crippen LogP contribution in [0.5, 0.6) is 5.75 Å². The van der Waals surface area contributed by atoms with E-state index in [1.54, 1.807) is 7.11 Å². The Kier molecular flexibility index (Phi) is 7.10. The number of thioether (sulfide) groups is 1. The predicted molar refractivity (Wildman–Crippen MR) is 69.3 cm³/mol. The van der Waals surface area contributed by atoms with Crippen molar-refractivity contribution >= 4 is 11.8 Å². The largest absolute Gasteiger partial charge is 0.497 e. The monoisotopic (exact) mass is 240 g/mol. The zero-order chi connectivity index (χ0) is 11.6. The van der Waals surface area contributed by atoms with E-state index in [-0.39, 0.29) is 0 Å². The first kappa shape index (κ1) is 13.4. The summed E-state index contributed by atoms with van der Waals surface area (Å²) in [7, 11) is 1.68. The Morgan fingerprint density at radius 1 is 1.06 bits per heavy atom. The molecule has 0 amide bonds. The summed E-state index contributed by atoms with van der Waals surface area (Å²) in [6.07, 6.45) is 4.51. The van der Waals surface area contributed by atoms with Crippen molar-refractivity contribution in [2.45, 2.75) is 30.6 Å². The molecule has 0 heterocycles.